The van der Waals surface area contributed by atoms with Crippen LogP contribution in [0, 0.1) is 25.2 Å². The molecule has 0 fully saturated rings. The predicted octanol–water partition coefficient (Wildman–Crippen LogP) is 3.26. The van der Waals surface area contributed by atoms with E-state index in [-0.39, 0.29) is 0 Å². The van der Waals surface area contributed by atoms with Crippen LogP contribution in [0.2, 0.25) is 0 Å². The number of rotatable bonds is 2. The van der Waals surface area contributed by atoms with Gasteiger partial charge in [-0.05, 0) is 48.2 Å². The van der Waals surface area contributed by atoms with E-state index in [9.17, 15) is 5.11 Å². The van der Waals surface area contributed by atoms with Gasteiger partial charge in [0.1, 0.15) is 6.10 Å². The summed E-state index contributed by atoms with van der Waals surface area (Å²) < 4.78 is 0. The van der Waals surface area contributed by atoms with E-state index in [0.717, 1.165) is 11.1 Å². The average Bonchev–Trinajstić information content (AvgIpc) is 2.41. The van der Waals surface area contributed by atoms with E-state index in [0.29, 0.717) is 5.56 Å². The van der Waals surface area contributed by atoms with Crippen molar-refractivity contribution in [2.45, 2.75) is 20.0 Å². The van der Waals surface area contributed by atoms with Crippen molar-refractivity contribution in [3.63, 3.8) is 0 Å². The summed E-state index contributed by atoms with van der Waals surface area (Å²) in [6.07, 6.45) is -0.642. The lowest BCUT2D eigenvalue weighted by atomic mass is 9.97. The van der Waals surface area contributed by atoms with Gasteiger partial charge in [0, 0.05) is 0 Å². The fourth-order valence-corrected chi connectivity index (χ4v) is 1.87. The van der Waals surface area contributed by atoms with Crippen LogP contribution in [-0.2, 0) is 0 Å². The third kappa shape index (κ3) is 2.42. The SMILES string of the molecule is Cc1ccc(C(O)c2ccc(C#N)cc2)cc1C. The highest BCUT2D eigenvalue weighted by Gasteiger charge is 2.10. The van der Waals surface area contributed by atoms with Crippen LogP contribution in [0.3, 0.4) is 0 Å². The van der Waals surface area contributed by atoms with Crippen molar-refractivity contribution >= 4 is 0 Å². The molecule has 0 spiro atoms. The van der Waals surface area contributed by atoms with E-state index in [4.69, 9.17) is 5.26 Å². The van der Waals surface area contributed by atoms with Crippen LogP contribution in [0.1, 0.15) is 33.9 Å². The Morgan fingerprint density at radius 1 is 0.944 bits per heavy atom. The molecule has 18 heavy (non-hydrogen) atoms. The molecule has 0 aliphatic rings. The number of aliphatic hydroxyl groups is 1. The first-order valence-corrected chi connectivity index (χ1v) is 5.87. The lowest BCUT2D eigenvalue weighted by Crippen LogP contribution is -2.00. The minimum atomic E-state index is -0.642. The van der Waals surface area contributed by atoms with Crippen LogP contribution >= 0.6 is 0 Å². The molecule has 0 aliphatic heterocycles. The molecule has 1 unspecified atom stereocenters. The summed E-state index contributed by atoms with van der Waals surface area (Å²) in [4.78, 5) is 0. The van der Waals surface area contributed by atoms with Gasteiger partial charge in [-0.15, -0.1) is 0 Å². The van der Waals surface area contributed by atoms with Crippen LogP contribution in [0.25, 0.3) is 0 Å². The first-order chi connectivity index (χ1) is 8.61. The normalized spacial score (nSPS) is 11.9. The lowest BCUT2D eigenvalue weighted by Gasteiger charge is -2.13. The molecule has 2 aromatic rings. The summed E-state index contributed by atoms with van der Waals surface area (Å²) in [7, 11) is 0. The van der Waals surface area contributed by atoms with E-state index < -0.39 is 6.10 Å². The van der Waals surface area contributed by atoms with Crippen molar-refractivity contribution < 1.29 is 5.11 Å². The maximum Gasteiger partial charge on any atom is 0.104 e. The van der Waals surface area contributed by atoms with Gasteiger partial charge in [-0.3, -0.25) is 0 Å². The molecule has 1 N–H and O–H groups in total. The standard InChI is InChI=1S/C16H15NO/c1-11-3-6-15(9-12(11)2)16(18)14-7-4-13(10-17)5-8-14/h3-9,16,18H,1-2H3. The zero-order valence-corrected chi connectivity index (χ0v) is 10.5. The summed E-state index contributed by atoms with van der Waals surface area (Å²) in [5, 5.41) is 19.0. The zero-order chi connectivity index (χ0) is 13.1. The van der Waals surface area contributed by atoms with Gasteiger partial charge in [-0.2, -0.15) is 5.26 Å². The molecule has 2 rings (SSSR count). The number of aliphatic hydroxyl groups excluding tert-OH is 1. The van der Waals surface area contributed by atoms with Crippen molar-refractivity contribution in [1.82, 2.24) is 0 Å². The van der Waals surface area contributed by atoms with Gasteiger partial charge in [0.25, 0.3) is 0 Å². The van der Waals surface area contributed by atoms with E-state index in [1.54, 1.807) is 24.3 Å². The minimum Gasteiger partial charge on any atom is -0.384 e. The Bertz CT molecular complexity index is 593. The van der Waals surface area contributed by atoms with E-state index >= 15 is 0 Å². The smallest absolute Gasteiger partial charge is 0.104 e. The number of hydrogen-bond acceptors (Lipinski definition) is 2. The second kappa shape index (κ2) is 5.03. The molecule has 1 atom stereocenters. The molecule has 0 aliphatic carbocycles. The molecule has 0 heterocycles. The van der Waals surface area contributed by atoms with Gasteiger partial charge in [0.2, 0.25) is 0 Å². The van der Waals surface area contributed by atoms with Crippen LogP contribution < -0.4 is 0 Å². The summed E-state index contributed by atoms with van der Waals surface area (Å²) >= 11 is 0. The Morgan fingerprint density at radius 2 is 1.56 bits per heavy atom. The maximum absolute atomic E-state index is 10.3. The molecule has 2 nitrogen and oxygen atoms in total. The monoisotopic (exact) mass is 237 g/mol. The molecular weight excluding hydrogens is 222 g/mol. The van der Waals surface area contributed by atoms with Gasteiger partial charge in [0.15, 0.2) is 0 Å². The highest BCUT2D eigenvalue weighted by molar-refractivity contribution is 5.38. The van der Waals surface area contributed by atoms with Crippen LogP contribution in [0.5, 0.6) is 0 Å². The fourth-order valence-electron chi connectivity index (χ4n) is 1.87. The van der Waals surface area contributed by atoms with Crippen molar-refractivity contribution in [2.75, 3.05) is 0 Å². The Labute approximate surface area is 107 Å². The number of aryl methyl sites for hydroxylation is 2. The third-order valence-electron chi connectivity index (χ3n) is 3.20. The highest BCUT2D eigenvalue weighted by Crippen LogP contribution is 2.23. The second-order valence-electron chi connectivity index (χ2n) is 4.48. The van der Waals surface area contributed by atoms with Crippen LogP contribution in [-0.4, -0.2) is 5.11 Å². The van der Waals surface area contributed by atoms with Crippen molar-refractivity contribution in [3.8, 4) is 6.07 Å². The van der Waals surface area contributed by atoms with Crippen molar-refractivity contribution in [1.29, 1.82) is 5.26 Å². The Balaban J connectivity index is 2.32. The summed E-state index contributed by atoms with van der Waals surface area (Å²) in [5.41, 5.74) is 4.66. The second-order valence-corrected chi connectivity index (χ2v) is 4.48. The molecule has 0 radical (unpaired) electrons. The largest absolute Gasteiger partial charge is 0.384 e. The molecule has 0 saturated heterocycles. The van der Waals surface area contributed by atoms with Crippen LogP contribution in [0.4, 0.5) is 0 Å². The average molecular weight is 237 g/mol. The molecule has 0 saturated carbocycles. The third-order valence-corrected chi connectivity index (χ3v) is 3.20. The highest BCUT2D eigenvalue weighted by atomic mass is 16.3. The molecular formula is C16H15NO. The molecule has 2 aromatic carbocycles. The molecule has 0 aromatic heterocycles. The number of hydrogen-bond donors (Lipinski definition) is 1. The van der Waals surface area contributed by atoms with Crippen molar-refractivity contribution in [3.05, 3.63) is 70.3 Å². The maximum atomic E-state index is 10.3. The van der Waals surface area contributed by atoms with Gasteiger partial charge in [-0.1, -0.05) is 30.3 Å². The molecule has 2 heteroatoms. The van der Waals surface area contributed by atoms with Crippen LogP contribution in [0.15, 0.2) is 42.5 Å². The van der Waals surface area contributed by atoms with Crippen molar-refractivity contribution in [2.24, 2.45) is 0 Å². The Kier molecular flexibility index (Phi) is 3.45. The first-order valence-electron chi connectivity index (χ1n) is 5.87. The fraction of sp³-hybridized carbons (Fsp3) is 0.188. The van der Waals surface area contributed by atoms with Gasteiger partial charge in [-0.25, -0.2) is 0 Å². The lowest BCUT2D eigenvalue weighted by molar-refractivity contribution is 0.220. The zero-order valence-electron chi connectivity index (χ0n) is 10.5. The number of nitrogens with zero attached hydrogens (tertiary/aromatic N) is 1. The molecule has 0 bridgehead atoms. The quantitative estimate of drug-likeness (QED) is 0.871. The topological polar surface area (TPSA) is 44.0 Å². The Hall–Kier alpha value is -2.11. The summed E-state index contributed by atoms with van der Waals surface area (Å²) in [6, 6.07) is 15.0. The predicted molar refractivity (Wildman–Crippen MR) is 71.1 cm³/mol. The van der Waals surface area contributed by atoms with Gasteiger partial charge < -0.3 is 5.11 Å². The van der Waals surface area contributed by atoms with Gasteiger partial charge >= 0.3 is 0 Å². The molecule has 0 amide bonds. The summed E-state index contributed by atoms with van der Waals surface area (Å²) in [5.74, 6) is 0. The van der Waals surface area contributed by atoms with E-state index in [1.165, 1.54) is 11.1 Å². The van der Waals surface area contributed by atoms with Gasteiger partial charge in [0.05, 0.1) is 11.6 Å². The first kappa shape index (κ1) is 12.3. The summed E-state index contributed by atoms with van der Waals surface area (Å²) in [6.45, 7) is 4.08. The number of nitriles is 1. The Morgan fingerprint density at radius 3 is 2.11 bits per heavy atom. The minimum absolute atomic E-state index is 0.603. The van der Waals surface area contributed by atoms with E-state index in [1.807, 2.05) is 32.0 Å². The number of benzene rings is 2. The van der Waals surface area contributed by atoms with E-state index in [2.05, 4.69) is 6.07 Å². The molecule has 90 valence electrons.